The predicted octanol–water partition coefficient (Wildman–Crippen LogP) is 4.66. The van der Waals surface area contributed by atoms with Crippen molar-refractivity contribution in [2.24, 2.45) is 23.2 Å². The fraction of sp³-hybridized carbons (Fsp3) is 0.867. The summed E-state index contributed by atoms with van der Waals surface area (Å²) in [5.41, 5.74) is 0.577. The largest absolute Gasteiger partial charge is 0.0622 e. The highest BCUT2D eigenvalue weighted by Gasteiger charge is 2.34. The van der Waals surface area contributed by atoms with Crippen LogP contribution in [-0.4, -0.2) is 0 Å². The van der Waals surface area contributed by atoms with E-state index in [0.717, 1.165) is 17.8 Å². The molecule has 86 valence electrons. The topological polar surface area (TPSA) is 0 Å². The van der Waals surface area contributed by atoms with Gasteiger partial charge in [-0.3, -0.25) is 0 Å². The first-order chi connectivity index (χ1) is 7.07. The van der Waals surface area contributed by atoms with Crippen molar-refractivity contribution < 1.29 is 0 Å². The van der Waals surface area contributed by atoms with Gasteiger partial charge in [0.05, 0.1) is 0 Å². The van der Waals surface area contributed by atoms with E-state index in [1.165, 1.54) is 38.5 Å². The SMILES string of the molecule is CC1[CH]CCC(C2C[CH]CC(C)(C)C2)C1. The minimum absolute atomic E-state index is 0.577. The van der Waals surface area contributed by atoms with Crippen LogP contribution in [0.4, 0.5) is 0 Å². The lowest BCUT2D eigenvalue weighted by Gasteiger charge is -2.41. The Kier molecular flexibility index (Phi) is 3.42. The van der Waals surface area contributed by atoms with Gasteiger partial charge in [-0.2, -0.15) is 0 Å². The molecule has 0 N–H and O–H groups in total. The van der Waals surface area contributed by atoms with Crippen LogP contribution in [0.1, 0.15) is 59.3 Å². The lowest BCUT2D eigenvalue weighted by molar-refractivity contribution is 0.135. The first-order valence-electron chi connectivity index (χ1n) is 6.72. The second-order valence-electron chi connectivity index (χ2n) is 6.64. The molecule has 0 bridgehead atoms. The molecule has 2 saturated carbocycles. The zero-order valence-corrected chi connectivity index (χ0v) is 10.6. The van der Waals surface area contributed by atoms with Crippen molar-refractivity contribution in [3.63, 3.8) is 0 Å². The molecule has 2 radical (unpaired) electrons. The van der Waals surface area contributed by atoms with Crippen molar-refractivity contribution in [3.05, 3.63) is 12.8 Å². The highest BCUT2D eigenvalue weighted by molar-refractivity contribution is 4.94. The van der Waals surface area contributed by atoms with Crippen LogP contribution in [0.5, 0.6) is 0 Å². The molecule has 2 aliphatic carbocycles. The van der Waals surface area contributed by atoms with Crippen molar-refractivity contribution in [2.45, 2.75) is 59.3 Å². The van der Waals surface area contributed by atoms with Gasteiger partial charge in [0, 0.05) is 0 Å². The smallest absolute Gasteiger partial charge is 0.0349 e. The maximum absolute atomic E-state index is 2.55. The Morgan fingerprint density at radius 1 is 1.20 bits per heavy atom. The summed E-state index contributed by atoms with van der Waals surface area (Å²) in [5, 5.41) is 0. The van der Waals surface area contributed by atoms with E-state index in [9.17, 15) is 0 Å². The van der Waals surface area contributed by atoms with Crippen molar-refractivity contribution in [1.82, 2.24) is 0 Å². The van der Waals surface area contributed by atoms with Crippen LogP contribution in [0, 0.1) is 36.0 Å². The Bertz CT molecular complexity index is 204. The van der Waals surface area contributed by atoms with Crippen LogP contribution in [-0.2, 0) is 0 Å². The van der Waals surface area contributed by atoms with Crippen LogP contribution in [0.2, 0.25) is 0 Å². The van der Waals surface area contributed by atoms with E-state index >= 15 is 0 Å². The zero-order chi connectivity index (χ0) is 10.9. The quantitative estimate of drug-likeness (QED) is 0.585. The fourth-order valence-electron chi connectivity index (χ4n) is 3.64. The maximum Gasteiger partial charge on any atom is -0.0349 e. The van der Waals surface area contributed by atoms with E-state index < -0.39 is 0 Å². The van der Waals surface area contributed by atoms with E-state index in [2.05, 4.69) is 33.6 Å². The molecule has 15 heavy (non-hydrogen) atoms. The fourth-order valence-corrected chi connectivity index (χ4v) is 3.64. The number of hydrogen-bond acceptors (Lipinski definition) is 0. The molecule has 0 saturated heterocycles. The molecule has 0 aromatic carbocycles. The third-order valence-electron chi connectivity index (χ3n) is 4.43. The first-order valence-corrected chi connectivity index (χ1v) is 6.72. The molecule has 0 spiro atoms. The van der Waals surface area contributed by atoms with Gasteiger partial charge in [0.2, 0.25) is 0 Å². The monoisotopic (exact) mass is 206 g/mol. The van der Waals surface area contributed by atoms with Crippen molar-refractivity contribution in [3.8, 4) is 0 Å². The lowest BCUT2D eigenvalue weighted by Crippen LogP contribution is -2.30. The number of rotatable bonds is 1. The summed E-state index contributed by atoms with van der Waals surface area (Å²) in [6, 6.07) is 0. The third-order valence-corrected chi connectivity index (χ3v) is 4.43. The highest BCUT2D eigenvalue weighted by Crippen LogP contribution is 2.45. The molecule has 2 rings (SSSR count). The summed E-state index contributed by atoms with van der Waals surface area (Å²) in [6.07, 6.45) is 13.5. The average Bonchev–Trinajstić information content (AvgIpc) is 2.16. The Balaban J connectivity index is 1.92. The van der Waals surface area contributed by atoms with Crippen LogP contribution in [0.25, 0.3) is 0 Å². The van der Waals surface area contributed by atoms with Gasteiger partial charge in [0.15, 0.2) is 0 Å². The molecule has 0 aromatic rings. The molecule has 0 aromatic heterocycles. The van der Waals surface area contributed by atoms with Gasteiger partial charge in [-0.15, -0.1) is 0 Å². The molecule has 0 amide bonds. The number of hydrogen-bond donors (Lipinski definition) is 0. The summed E-state index contributed by atoms with van der Waals surface area (Å²) < 4.78 is 0. The minimum atomic E-state index is 0.577. The molecular weight excluding hydrogens is 180 g/mol. The van der Waals surface area contributed by atoms with Gasteiger partial charge in [-0.05, 0) is 74.5 Å². The molecule has 2 fully saturated rings. The van der Waals surface area contributed by atoms with Gasteiger partial charge in [0.1, 0.15) is 0 Å². The molecule has 0 nitrogen and oxygen atoms in total. The lowest BCUT2D eigenvalue weighted by atomic mass is 9.64. The second kappa shape index (κ2) is 4.47. The molecule has 3 unspecified atom stereocenters. The Morgan fingerprint density at radius 3 is 2.67 bits per heavy atom. The van der Waals surface area contributed by atoms with Gasteiger partial charge in [0.25, 0.3) is 0 Å². The van der Waals surface area contributed by atoms with Crippen LogP contribution < -0.4 is 0 Å². The maximum atomic E-state index is 2.55. The third kappa shape index (κ3) is 2.98. The second-order valence-corrected chi connectivity index (χ2v) is 6.64. The molecule has 0 heterocycles. The van der Waals surface area contributed by atoms with E-state index in [1.54, 1.807) is 0 Å². The van der Waals surface area contributed by atoms with Crippen LogP contribution >= 0.6 is 0 Å². The van der Waals surface area contributed by atoms with Gasteiger partial charge >= 0.3 is 0 Å². The normalized spacial score (nSPS) is 41.4. The molecule has 0 heteroatoms. The van der Waals surface area contributed by atoms with Gasteiger partial charge in [-0.1, -0.05) is 20.8 Å². The van der Waals surface area contributed by atoms with Crippen LogP contribution in [0.3, 0.4) is 0 Å². The van der Waals surface area contributed by atoms with Crippen molar-refractivity contribution in [2.75, 3.05) is 0 Å². The average molecular weight is 206 g/mol. The summed E-state index contributed by atoms with van der Waals surface area (Å²) in [5.74, 6) is 2.87. The van der Waals surface area contributed by atoms with Crippen molar-refractivity contribution >= 4 is 0 Å². The summed E-state index contributed by atoms with van der Waals surface area (Å²) in [4.78, 5) is 0. The van der Waals surface area contributed by atoms with E-state index in [-0.39, 0.29) is 0 Å². The molecule has 0 aliphatic heterocycles. The Labute approximate surface area is 95.8 Å². The Hall–Kier alpha value is 0. The summed E-state index contributed by atoms with van der Waals surface area (Å²) >= 11 is 0. The van der Waals surface area contributed by atoms with Crippen molar-refractivity contribution in [1.29, 1.82) is 0 Å². The van der Waals surface area contributed by atoms with E-state index in [1.807, 2.05) is 0 Å². The first kappa shape index (κ1) is 11.5. The Morgan fingerprint density at radius 2 is 2.00 bits per heavy atom. The van der Waals surface area contributed by atoms with Gasteiger partial charge < -0.3 is 0 Å². The van der Waals surface area contributed by atoms with Crippen LogP contribution in [0.15, 0.2) is 0 Å². The summed E-state index contributed by atoms with van der Waals surface area (Å²) in [7, 11) is 0. The van der Waals surface area contributed by atoms with E-state index in [4.69, 9.17) is 0 Å². The standard InChI is InChI=1S/C15H26/c1-12-6-4-7-13(10-12)14-8-5-9-15(2,3)11-14/h5-6,12-14H,4,7-11H2,1-3H3. The van der Waals surface area contributed by atoms with Gasteiger partial charge in [-0.25, -0.2) is 0 Å². The van der Waals surface area contributed by atoms with E-state index in [0.29, 0.717) is 5.41 Å². The molecule has 3 atom stereocenters. The molecular formula is C15H26. The predicted molar refractivity (Wildman–Crippen MR) is 66.2 cm³/mol. The summed E-state index contributed by atoms with van der Waals surface area (Å²) in [6.45, 7) is 7.27. The zero-order valence-electron chi connectivity index (χ0n) is 10.6. The minimum Gasteiger partial charge on any atom is -0.0622 e. The molecule has 2 aliphatic rings. The highest BCUT2D eigenvalue weighted by atomic mass is 14.4.